The van der Waals surface area contributed by atoms with Crippen LogP contribution in [0.25, 0.3) is 6.08 Å². The standard InChI is InChI=1S/C6H7N3OS/c7-3-5-4(1-2-10)8-6(11)9-5/h1-3,7,10H,(H2,8,9,11)/b2-1+,7-3?. The van der Waals surface area contributed by atoms with Crippen LogP contribution >= 0.6 is 12.2 Å². The molecule has 0 amide bonds. The average Bonchev–Trinajstić information content (AvgIpc) is 2.32. The van der Waals surface area contributed by atoms with Gasteiger partial charge < -0.3 is 20.5 Å². The molecular weight excluding hydrogens is 162 g/mol. The third-order valence-corrected chi connectivity index (χ3v) is 1.38. The van der Waals surface area contributed by atoms with E-state index >= 15 is 0 Å². The van der Waals surface area contributed by atoms with Crippen LogP contribution in [0, 0.1) is 10.2 Å². The Morgan fingerprint density at radius 3 is 2.55 bits per heavy atom. The Hall–Kier alpha value is -1.36. The van der Waals surface area contributed by atoms with E-state index in [2.05, 4.69) is 9.97 Å². The largest absolute Gasteiger partial charge is 0.516 e. The van der Waals surface area contributed by atoms with Crippen LogP contribution in [-0.4, -0.2) is 21.3 Å². The summed E-state index contributed by atoms with van der Waals surface area (Å²) >= 11 is 4.77. The van der Waals surface area contributed by atoms with Gasteiger partial charge in [0.2, 0.25) is 0 Å². The van der Waals surface area contributed by atoms with Gasteiger partial charge in [0.25, 0.3) is 0 Å². The number of aliphatic hydroxyl groups excluding tert-OH is 1. The number of nitrogens with one attached hydrogen (secondary N) is 3. The Balaban J connectivity index is 3.22. The SMILES string of the molecule is N=Cc1[nH]c(=S)[nH]c1/C=C/O. The molecule has 11 heavy (non-hydrogen) atoms. The fourth-order valence-electron chi connectivity index (χ4n) is 0.730. The minimum absolute atomic E-state index is 0.441. The van der Waals surface area contributed by atoms with Gasteiger partial charge in [-0.05, 0) is 18.3 Å². The van der Waals surface area contributed by atoms with Crippen LogP contribution in [-0.2, 0) is 0 Å². The van der Waals surface area contributed by atoms with Crippen molar-refractivity contribution in [3.8, 4) is 0 Å². The van der Waals surface area contributed by atoms with Crippen molar-refractivity contribution >= 4 is 24.5 Å². The van der Waals surface area contributed by atoms with Gasteiger partial charge in [-0.3, -0.25) is 0 Å². The fraction of sp³-hybridized carbons (Fsp3) is 0. The zero-order valence-corrected chi connectivity index (χ0v) is 6.40. The highest BCUT2D eigenvalue weighted by Crippen LogP contribution is 2.02. The van der Waals surface area contributed by atoms with Gasteiger partial charge in [-0.15, -0.1) is 0 Å². The van der Waals surface area contributed by atoms with Crippen LogP contribution in [0.5, 0.6) is 0 Å². The van der Waals surface area contributed by atoms with E-state index in [0.717, 1.165) is 12.5 Å². The van der Waals surface area contributed by atoms with Crippen molar-refractivity contribution in [3.05, 3.63) is 22.4 Å². The van der Waals surface area contributed by atoms with Crippen LogP contribution in [0.3, 0.4) is 0 Å². The molecule has 0 aromatic carbocycles. The number of hydrogen-bond acceptors (Lipinski definition) is 3. The van der Waals surface area contributed by atoms with Gasteiger partial charge in [-0.2, -0.15) is 0 Å². The summed E-state index contributed by atoms with van der Waals surface area (Å²) in [4.78, 5) is 5.49. The van der Waals surface area contributed by atoms with Crippen LogP contribution in [0.15, 0.2) is 6.26 Å². The highest BCUT2D eigenvalue weighted by atomic mass is 32.1. The van der Waals surface area contributed by atoms with Crippen LogP contribution in [0.4, 0.5) is 0 Å². The molecule has 0 atom stereocenters. The Bertz CT molecular complexity index is 336. The first-order chi connectivity index (χ1) is 5.27. The molecule has 1 rings (SSSR count). The maximum absolute atomic E-state index is 8.43. The fourth-order valence-corrected chi connectivity index (χ4v) is 0.950. The van der Waals surface area contributed by atoms with Crippen molar-refractivity contribution in [1.82, 2.24) is 9.97 Å². The molecule has 1 aromatic rings. The van der Waals surface area contributed by atoms with Crippen molar-refractivity contribution in [2.45, 2.75) is 0 Å². The Morgan fingerprint density at radius 1 is 1.36 bits per heavy atom. The first-order valence-electron chi connectivity index (χ1n) is 2.91. The number of aromatic amines is 2. The van der Waals surface area contributed by atoms with Crippen molar-refractivity contribution in [2.75, 3.05) is 0 Å². The number of imidazole rings is 1. The lowest BCUT2D eigenvalue weighted by atomic mass is 10.3. The van der Waals surface area contributed by atoms with E-state index in [4.69, 9.17) is 22.7 Å². The predicted molar refractivity (Wildman–Crippen MR) is 45.5 cm³/mol. The van der Waals surface area contributed by atoms with Crippen molar-refractivity contribution in [1.29, 1.82) is 5.41 Å². The van der Waals surface area contributed by atoms with E-state index in [1.807, 2.05) is 0 Å². The molecule has 0 unspecified atom stereocenters. The van der Waals surface area contributed by atoms with Crippen LogP contribution < -0.4 is 0 Å². The molecule has 0 radical (unpaired) electrons. The van der Waals surface area contributed by atoms with Gasteiger partial charge in [0.15, 0.2) is 4.77 Å². The van der Waals surface area contributed by atoms with Gasteiger partial charge >= 0.3 is 0 Å². The lowest BCUT2D eigenvalue weighted by molar-refractivity contribution is 0.478. The van der Waals surface area contributed by atoms with Gasteiger partial charge in [0.1, 0.15) is 0 Å². The second-order valence-corrected chi connectivity index (χ2v) is 2.27. The Labute approximate surface area is 68.1 Å². The third-order valence-electron chi connectivity index (χ3n) is 1.17. The zero-order valence-electron chi connectivity index (χ0n) is 5.59. The highest BCUT2D eigenvalue weighted by Gasteiger charge is 1.97. The summed E-state index contributed by atoms with van der Waals surface area (Å²) in [6, 6.07) is 0. The summed E-state index contributed by atoms with van der Waals surface area (Å²) < 4.78 is 0.441. The summed E-state index contributed by atoms with van der Waals surface area (Å²) in [6.07, 6.45) is 3.44. The molecule has 0 aliphatic rings. The second kappa shape index (κ2) is 3.16. The normalized spacial score (nSPS) is 10.5. The lowest BCUT2D eigenvalue weighted by Gasteiger charge is -1.85. The first-order valence-corrected chi connectivity index (χ1v) is 3.32. The highest BCUT2D eigenvalue weighted by molar-refractivity contribution is 7.71. The Kier molecular flexibility index (Phi) is 2.22. The smallest absolute Gasteiger partial charge is 0.175 e. The van der Waals surface area contributed by atoms with Gasteiger partial charge in [0, 0.05) is 6.21 Å². The maximum atomic E-state index is 8.43. The monoisotopic (exact) mass is 169 g/mol. The molecule has 0 saturated carbocycles. The summed E-state index contributed by atoms with van der Waals surface area (Å²) in [7, 11) is 0. The van der Waals surface area contributed by atoms with E-state index in [1.165, 1.54) is 6.08 Å². The molecule has 4 N–H and O–H groups in total. The predicted octanol–water partition coefficient (Wildman–Crippen LogP) is 1.60. The minimum atomic E-state index is 0.441. The molecule has 5 heteroatoms. The molecule has 1 aromatic heterocycles. The summed E-state index contributed by atoms with van der Waals surface area (Å²) in [5.74, 6) is 0. The second-order valence-electron chi connectivity index (χ2n) is 1.87. The van der Waals surface area contributed by atoms with Crippen LogP contribution in [0.1, 0.15) is 11.4 Å². The average molecular weight is 169 g/mol. The molecule has 58 valence electrons. The van der Waals surface area contributed by atoms with Gasteiger partial charge in [0.05, 0.1) is 17.6 Å². The quantitative estimate of drug-likeness (QED) is 0.308. The zero-order chi connectivity index (χ0) is 8.27. The van der Waals surface area contributed by atoms with E-state index in [0.29, 0.717) is 16.2 Å². The molecule has 0 fully saturated rings. The van der Waals surface area contributed by atoms with Gasteiger partial charge in [-0.1, -0.05) is 0 Å². The molecule has 0 saturated heterocycles. The summed E-state index contributed by atoms with van der Waals surface area (Å²) in [5, 5.41) is 15.4. The number of aromatic nitrogens is 2. The van der Waals surface area contributed by atoms with Crippen molar-refractivity contribution < 1.29 is 5.11 Å². The lowest BCUT2D eigenvalue weighted by Crippen LogP contribution is -1.82. The summed E-state index contributed by atoms with van der Waals surface area (Å²) in [6.45, 7) is 0. The molecule has 0 spiro atoms. The van der Waals surface area contributed by atoms with E-state index < -0.39 is 0 Å². The number of hydrogen-bond donors (Lipinski definition) is 4. The number of H-pyrrole nitrogens is 2. The first kappa shape index (κ1) is 7.74. The maximum Gasteiger partial charge on any atom is 0.175 e. The molecule has 0 bridgehead atoms. The van der Waals surface area contributed by atoms with Crippen molar-refractivity contribution in [2.24, 2.45) is 0 Å². The van der Waals surface area contributed by atoms with E-state index in [9.17, 15) is 0 Å². The van der Waals surface area contributed by atoms with E-state index in [-0.39, 0.29) is 0 Å². The van der Waals surface area contributed by atoms with Gasteiger partial charge in [-0.25, -0.2) is 0 Å². The topological polar surface area (TPSA) is 75.7 Å². The molecule has 4 nitrogen and oxygen atoms in total. The minimum Gasteiger partial charge on any atom is -0.516 e. The molecule has 1 heterocycles. The number of rotatable bonds is 2. The number of aliphatic hydroxyl groups is 1. The third kappa shape index (κ3) is 1.56. The molecule has 0 aliphatic heterocycles. The summed E-state index contributed by atoms with van der Waals surface area (Å²) in [5.41, 5.74) is 1.16. The molecular formula is C6H7N3OS. The molecule has 0 aliphatic carbocycles. The Morgan fingerprint density at radius 2 is 2.00 bits per heavy atom. The van der Waals surface area contributed by atoms with Crippen LogP contribution in [0.2, 0.25) is 0 Å². The van der Waals surface area contributed by atoms with E-state index in [1.54, 1.807) is 0 Å². The van der Waals surface area contributed by atoms with Crippen molar-refractivity contribution in [3.63, 3.8) is 0 Å².